The van der Waals surface area contributed by atoms with Crippen molar-refractivity contribution in [1.82, 2.24) is 14.8 Å². The summed E-state index contributed by atoms with van der Waals surface area (Å²) in [6.45, 7) is 5.51. The fraction of sp³-hybridized carbons (Fsp3) is 0.357. The third-order valence-corrected chi connectivity index (χ3v) is 6.49. The molecule has 2 heterocycles. The molecule has 0 unspecified atom stereocenters. The molecule has 35 heavy (non-hydrogen) atoms. The number of aliphatic hydroxyl groups excluding tert-OH is 1. The third-order valence-electron chi connectivity index (χ3n) is 6.49. The predicted octanol–water partition coefficient (Wildman–Crippen LogP) is 4.24. The van der Waals surface area contributed by atoms with Gasteiger partial charge in [0.15, 0.2) is 0 Å². The normalized spacial score (nSPS) is 19.0. The first-order chi connectivity index (χ1) is 16.9. The first-order valence-corrected chi connectivity index (χ1v) is 11.9. The van der Waals surface area contributed by atoms with Crippen LogP contribution in [0, 0.1) is 11.7 Å². The van der Waals surface area contributed by atoms with Gasteiger partial charge in [-0.1, -0.05) is 55.5 Å². The van der Waals surface area contributed by atoms with Gasteiger partial charge in [0.05, 0.1) is 12.6 Å². The van der Waals surface area contributed by atoms with Crippen molar-refractivity contribution in [3.63, 3.8) is 0 Å². The van der Waals surface area contributed by atoms with Gasteiger partial charge in [-0.05, 0) is 31.7 Å². The number of benzene rings is 2. The van der Waals surface area contributed by atoms with Gasteiger partial charge in [0.2, 0.25) is 5.88 Å². The number of halogens is 1. The third kappa shape index (κ3) is 5.69. The zero-order valence-corrected chi connectivity index (χ0v) is 20.4. The van der Waals surface area contributed by atoms with Gasteiger partial charge < -0.3 is 14.7 Å². The van der Waals surface area contributed by atoms with Crippen LogP contribution in [0.4, 0.5) is 4.39 Å². The van der Waals surface area contributed by atoms with Crippen LogP contribution in [0.1, 0.15) is 29.8 Å². The molecule has 4 rings (SSSR count). The van der Waals surface area contributed by atoms with Crippen LogP contribution >= 0.6 is 0 Å². The van der Waals surface area contributed by atoms with Crippen LogP contribution in [0.3, 0.4) is 0 Å². The maximum absolute atomic E-state index is 14.5. The Morgan fingerprint density at radius 2 is 1.89 bits per heavy atom. The summed E-state index contributed by atoms with van der Waals surface area (Å²) in [5.74, 6) is -0.444. The van der Waals surface area contributed by atoms with E-state index < -0.39 is 0 Å². The Kier molecular flexibility index (Phi) is 7.78. The van der Waals surface area contributed by atoms with E-state index in [-0.39, 0.29) is 47.8 Å². The SMILES string of the molecule is C[C@H]1CN([C@@H](C)CO)C(=O)c2cc(-c3ccccc3F)cnc2O[C@H]1CN(C)Cc1ccccc1. The van der Waals surface area contributed by atoms with Gasteiger partial charge in [-0.2, -0.15) is 0 Å². The number of carbonyl (C=O) groups is 1. The molecule has 7 heteroatoms. The van der Waals surface area contributed by atoms with Crippen LogP contribution < -0.4 is 4.74 Å². The van der Waals surface area contributed by atoms with Crippen molar-refractivity contribution in [1.29, 1.82) is 0 Å². The van der Waals surface area contributed by atoms with Gasteiger partial charge in [-0.3, -0.25) is 9.69 Å². The summed E-state index contributed by atoms with van der Waals surface area (Å²) >= 11 is 0. The molecule has 1 N–H and O–H groups in total. The first-order valence-electron chi connectivity index (χ1n) is 11.9. The minimum absolute atomic E-state index is 0.00707. The summed E-state index contributed by atoms with van der Waals surface area (Å²) in [7, 11) is 2.04. The van der Waals surface area contributed by atoms with Gasteiger partial charge in [-0.25, -0.2) is 9.37 Å². The second-order valence-electron chi connectivity index (χ2n) is 9.36. The Balaban J connectivity index is 1.67. The molecule has 1 aliphatic rings. The highest BCUT2D eigenvalue weighted by Gasteiger charge is 2.34. The summed E-state index contributed by atoms with van der Waals surface area (Å²) in [6.07, 6.45) is 1.30. The Bertz CT molecular complexity index is 1160. The number of aliphatic hydroxyl groups is 1. The van der Waals surface area contributed by atoms with Crippen LogP contribution in [-0.2, 0) is 6.54 Å². The maximum atomic E-state index is 14.5. The van der Waals surface area contributed by atoms with E-state index in [0.29, 0.717) is 24.2 Å². The zero-order chi connectivity index (χ0) is 24.9. The van der Waals surface area contributed by atoms with Crippen molar-refractivity contribution in [2.24, 2.45) is 5.92 Å². The monoisotopic (exact) mass is 477 g/mol. The Hall–Kier alpha value is -3.29. The summed E-state index contributed by atoms with van der Waals surface area (Å²) in [5.41, 5.74) is 2.34. The number of pyridine rings is 1. The highest BCUT2D eigenvalue weighted by molar-refractivity contribution is 5.98. The number of rotatable bonds is 7. The van der Waals surface area contributed by atoms with Crippen molar-refractivity contribution >= 4 is 5.91 Å². The van der Waals surface area contributed by atoms with E-state index in [1.807, 2.05) is 39.1 Å². The Morgan fingerprint density at radius 1 is 1.17 bits per heavy atom. The lowest BCUT2D eigenvalue weighted by atomic mass is 9.99. The molecule has 0 spiro atoms. The quantitative estimate of drug-likeness (QED) is 0.552. The van der Waals surface area contributed by atoms with E-state index in [9.17, 15) is 14.3 Å². The number of amides is 1. The van der Waals surface area contributed by atoms with E-state index in [2.05, 4.69) is 22.0 Å². The van der Waals surface area contributed by atoms with Crippen LogP contribution in [0.5, 0.6) is 5.88 Å². The van der Waals surface area contributed by atoms with Gasteiger partial charge >= 0.3 is 0 Å². The Morgan fingerprint density at radius 3 is 2.60 bits per heavy atom. The standard InChI is InChI=1S/C28H32FN3O3/c1-19-15-32(20(2)18-33)28(34)24-13-22(23-11-7-8-12-25(23)29)14-30-27(24)35-26(19)17-31(3)16-21-9-5-4-6-10-21/h4-14,19-20,26,33H,15-18H2,1-3H3/t19-,20-,26-/m0/s1. The summed E-state index contributed by atoms with van der Waals surface area (Å²) in [5, 5.41) is 9.85. The van der Waals surface area contributed by atoms with Crippen molar-refractivity contribution < 1.29 is 19.0 Å². The number of ether oxygens (including phenoxy) is 1. The van der Waals surface area contributed by atoms with Crippen LogP contribution in [-0.4, -0.2) is 64.7 Å². The molecule has 1 aromatic heterocycles. The maximum Gasteiger partial charge on any atom is 0.259 e. The van der Waals surface area contributed by atoms with Crippen molar-refractivity contribution in [2.45, 2.75) is 32.5 Å². The van der Waals surface area contributed by atoms with E-state index in [4.69, 9.17) is 4.74 Å². The number of nitrogens with zero attached hydrogens (tertiary/aromatic N) is 3. The number of carbonyl (C=O) groups excluding carboxylic acids is 1. The molecule has 1 aliphatic heterocycles. The molecular weight excluding hydrogens is 445 g/mol. The molecule has 3 aromatic rings. The van der Waals surface area contributed by atoms with Crippen LogP contribution in [0.25, 0.3) is 11.1 Å². The minimum atomic E-state index is -0.386. The molecule has 0 aliphatic carbocycles. The molecule has 6 nitrogen and oxygen atoms in total. The highest BCUT2D eigenvalue weighted by Crippen LogP contribution is 2.31. The lowest BCUT2D eigenvalue weighted by molar-refractivity contribution is 0.0325. The molecule has 0 fully saturated rings. The van der Waals surface area contributed by atoms with Gasteiger partial charge in [0.25, 0.3) is 5.91 Å². The number of aromatic nitrogens is 1. The fourth-order valence-corrected chi connectivity index (χ4v) is 4.43. The van der Waals surface area contributed by atoms with E-state index >= 15 is 0 Å². The molecule has 3 atom stereocenters. The van der Waals surface area contributed by atoms with Crippen LogP contribution in [0.15, 0.2) is 66.9 Å². The molecule has 0 saturated heterocycles. The zero-order valence-electron chi connectivity index (χ0n) is 20.4. The summed E-state index contributed by atoms with van der Waals surface area (Å²) in [6, 6.07) is 17.9. The predicted molar refractivity (Wildman–Crippen MR) is 134 cm³/mol. The number of fused-ring (bicyclic) bond motifs is 1. The van der Waals surface area contributed by atoms with Crippen LogP contribution in [0.2, 0.25) is 0 Å². The summed E-state index contributed by atoms with van der Waals surface area (Å²) in [4.78, 5) is 21.9. The van der Waals surface area contributed by atoms with Crippen molar-refractivity contribution in [3.05, 3.63) is 83.8 Å². The van der Waals surface area contributed by atoms with Crippen molar-refractivity contribution in [2.75, 3.05) is 26.7 Å². The molecule has 0 radical (unpaired) electrons. The molecule has 2 aromatic carbocycles. The van der Waals surface area contributed by atoms with E-state index in [1.165, 1.54) is 11.6 Å². The van der Waals surface area contributed by atoms with Crippen molar-refractivity contribution in [3.8, 4) is 17.0 Å². The minimum Gasteiger partial charge on any atom is -0.472 e. The lowest BCUT2D eigenvalue weighted by Gasteiger charge is -2.37. The average molecular weight is 478 g/mol. The highest BCUT2D eigenvalue weighted by atomic mass is 19.1. The number of likely N-dealkylation sites (N-methyl/N-ethyl adjacent to an activating group) is 1. The molecule has 1 amide bonds. The molecular formula is C28H32FN3O3. The number of hydrogen-bond donors (Lipinski definition) is 1. The first kappa shape index (κ1) is 24.8. The Labute approximate surface area is 206 Å². The van der Waals surface area contributed by atoms with Gasteiger partial charge in [-0.15, -0.1) is 0 Å². The van der Waals surface area contributed by atoms with Gasteiger partial charge in [0, 0.05) is 42.9 Å². The topological polar surface area (TPSA) is 65.9 Å². The van der Waals surface area contributed by atoms with E-state index in [1.54, 1.807) is 35.4 Å². The average Bonchev–Trinajstić information content (AvgIpc) is 2.86. The largest absolute Gasteiger partial charge is 0.472 e. The smallest absolute Gasteiger partial charge is 0.259 e. The molecule has 0 bridgehead atoms. The van der Waals surface area contributed by atoms with Gasteiger partial charge in [0.1, 0.15) is 17.5 Å². The second-order valence-corrected chi connectivity index (χ2v) is 9.36. The molecule has 0 saturated carbocycles. The fourth-order valence-electron chi connectivity index (χ4n) is 4.43. The summed E-state index contributed by atoms with van der Waals surface area (Å²) < 4.78 is 20.8. The van der Waals surface area contributed by atoms with E-state index in [0.717, 1.165) is 6.54 Å². The lowest BCUT2D eigenvalue weighted by Crippen LogP contribution is -2.49. The molecule has 184 valence electrons. The number of hydrogen-bond acceptors (Lipinski definition) is 5. The second kappa shape index (κ2) is 11.0.